The van der Waals surface area contributed by atoms with Crippen molar-refractivity contribution < 1.29 is 9.59 Å². The van der Waals surface area contributed by atoms with E-state index in [9.17, 15) is 9.59 Å². The second-order valence-electron chi connectivity index (χ2n) is 5.88. The van der Waals surface area contributed by atoms with E-state index in [-0.39, 0.29) is 17.0 Å². The zero-order valence-electron chi connectivity index (χ0n) is 14.6. The minimum Gasteiger partial charge on any atom is -0.322 e. The smallest absolute Gasteiger partial charge is 0.257 e. The fourth-order valence-electron chi connectivity index (χ4n) is 2.47. The Labute approximate surface area is 156 Å². The first kappa shape index (κ1) is 17.8. The van der Waals surface area contributed by atoms with Gasteiger partial charge in [-0.25, -0.2) is 0 Å². The van der Waals surface area contributed by atoms with Crippen molar-refractivity contribution in [3.05, 3.63) is 89.2 Å². The van der Waals surface area contributed by atoms with Gasteiger partial charge in [0, 0.05) is 23.8 Å². The van der Waals surface area contributed by atoms with E-state index in [2.05, 4.69) is 15.6 Å². The van der Waals surface area contributed by atoms with E-state index in [1.54, 1.807) is 30.3 Å². The summed E-state index contributed by atoms with van der Waals surface area (Å²) < 4.78 is 0. The average molecular weight is 356 g/mol. The highest BCUT2D eigenvalue weighted by atomic mass is 16.2. The third-order valence-corrected chi connectivity index (χ3v) is 3.91. The van der Waals surface area contributed by atoms with Crippen LogP contribution in [-0.2, 0) is 0 Å². The molecule has 0 unspecified atom stereocenters. The van der Waals surface area contributed by atoms with E-state index < -0.39 is 5.91 Å². The lowest BCUT2D eigenvalue weighted by Crippen LogP contribution is -2.16. The van der Waals surface area contributed by atoms with Crippen molar-refractivity contribution in [2.45, 2.75) is 6.92 Å². The zero-order valence-corrected chi connectivity index (χ0v) is 14.6. The lowest BCUT2D eigenvalue weighted by Gasteiger charge is -2.09. The molecule has 2 amide bonds. The molecule has 0 atom stereocenters. The normalized spacial score (nSPS) is 9.93. The van der Waals surface area contributed by atoms with Gasteiger partial charge < -0.3 is 10.6 Å². The monoisotopic (exact) mass is 356 g/mol. The molecule has 6 nitrogen and oxygen atoms in total. The molecule has 0 saturated carbocycles. The highest BCUT2D eigenvalue weighted by molar-refractivity contribution is 6.08. The number of nitrogens with zero attached hydrogens (tertiary/aromatic N) is 2. The summed E-state index contributed by atoms with van der Waals surface area (Å²) in [6.45, 7) is 1.90. The summed E-state index contributed by atoms with van der Waals surface area (Å²) in [4.78, 5) is 28.9. The summed E-state index contributed by atoms with van der Waals surface area (Å²) in [5, 5.41) is 14.4. The molecular weight excluding hydrogens is 340 g/mol. The molecule has 3 rings (SSSR count). The van der Waals surface area contributed by atoms with E-state index >= 15 is 0 Å². The molecular formula is C21H16N4O2. The van der Waals surface area contributed by atoms with Gasteiger partial charge in [-0.3, -0.25) is 14.6 Å². The summed E-state index contributed by atoms with van der Waals surface area (Å²) in [6, 6.07) is 17.5. The van der Waals surface area contributed by atoms with Crippen LogP contribution < -0.4 is 10.6 Å². The number of amides is 2. The van der Waals surface area contributed by atoms with Gasteiger partial charge in [-0.15, -0.1) is 0 Å². The summed E-state index contributed by atoms with van der Waals surface area (Å²) >= 11 is 0. The fourth-order valence-corrected chi connectivity index (χ4v) is 2.47. The highest BCUT2D eigenvalue weighted by Gasteiger charge is 2.13. The first-order valence-corrected chi connectivity index (χ1v) is 8.20. The van der Waals surface area contributed by atoms with Crippen molar-refractivity contribution in [2.24, 2.45) is 0 Å². The third kappa shape index (κ3) is 4.35. The van der Waals surface area contributed by atoms with E-state index in [1.165, 1.54) is 18.5 Å². The number of rotatable bonds is 4. The van der Waals surface area contributed by atoms with E-state index in [1.807, 2.05) is 31.2 Å². The second kappa shape index (κ2) is 7.93. The number of hydrogen-bond acceptors (Lipinski definition) is 4. The van der Waals surface area contributed by atoms with Crippen molar-refractivity contribution in [3.63, 3.8) is 0 Å². The molecule has 0 spiro atoms. The Balaban J connectivity index is 1.76. The van der Waals surface area contributed by atoms with Crippen LogP contribution in [0.3, 0.4) is 0 Å². The van der Waals surface area contributed by atoms with Crippen LogP contribution in [0.4, 0.5) is 11.4 Å². The zero-order chi connectivity index (χ0) is 19.2. The number of carbonyl (C=O) groups is 2. The molecule has 0 aliphatic heterocycles. The Morgan fingerprint density at radius 1 is 0.926 bits per heavy atom. The van der Waals surface area contributed by atoms with Crippen LogP contribution in [0.15, 0.2) is 67.0 Å². The topological polar surface area (TPSA) is 94.9 Å². The van der Waals surface area contributed by atoms with Gasteiger partial charge in [-0.05, 0) is 42.8 Å². The molecule has 0 aliphatic rings. The van der Waals surface area contributed by atoms with Crippen LogP contribution in [0, 0.1) is 18.3 Å². The average Bonchev–Trinajstić information content (AvgIpc) is 2.70. The fraction of sp³-hybridized carbons (Fsp3) is 0.0476. The number of hydrogen-bond donors (Lipinski definition) is 2. The maximum Gasteiger partial charge on any atom is 0.257 e. The van der Waals surface area contributed by atoms with Gasteiger partial charge in [-0.2, -0.15) is 5.26 Å². The summed E-state index contributed by atoms with van der Waals surface area (Å²) in [5.41, 5.74) is 3.09. The van der Waals surface area contributed by atoms with Gasteiger partial charge in [-0.1, -0.05) is 24.3 Å². The standard InChI is InChI=1S/C21H16N4O2/c1-14-5-2-3-8-19(14)25-21(27)17-10-16(12-23-13-17)20(26)24-18-7-4-6-15(9-18)11-22/h2-10,12-13H,1H3,(H,24,26)(H,25,27). The predicted octanol–water partition coefficient (Wildman–Crippen LogP) is 3.77. The van der Waals surface area contributed by atoms with Crippen LogP contribution >= 0.6 is 0 Å². The molecule has 0 bridgehead atoms. The number of aryl methyl sites for hydroxylation is 1. The Morgan fingerprint density at radius 2 is 1.63 bits per heavy atom. The lowest BCUT2D eigenvalue weighted by molar-refractivity contribution is 0.102. The largest absolute Gasteiger partial charge is 0.322 e. The molecule has 6 heteroatoms. The molecule has 0 radical (unpaired) electrons. The summed E-state index contributed by atoms with van der Waals surface area (Å²) in [5.74, 6) is -0.763. The highest BCUT2D eigenvalue weighted by Crippen LogP contribution is 2.16. The Bertz CT molecular complexity index is 1050. The van der Waals surface area contributed by atoms with Crippen LogP contribution in [-0.4, -0.2) is 16.8 Å². The minimum atomic E-state index is -0.414. The predicted molar refractivity (Wildman–Crippen MR) is 102 cm³/mol. The van der Waals surface area contributed by atoms with Crippen LogP contribution in [0.2, 0.25) is 0 Å². The Morgan fingerprint density at radius 3 is 2.33 bits per heavy atom. The molecule has 132 valence electrons. The van der Waals surface area contributed by atoms with Gasteiger partial charge in [0.25, 0.3) is 11.8 Å². The molecule has 0 saturated heterocycles. The van der Waals surface area contributed by atoms with Crippen molar-refractivity contribution in [1.82, 2.24) is 4.98 Å². The molecule has 3 aromatic rings. The van der Waals surface area contributed by atoms with Gasteiger partial charge in [0.2, 0.25) is 0 Å². The Kier molecular flexibility index (Phi) is 5.24. The molecule has 1 heterocycles. The number of nitrogens with one attached hydrogen (secondary N) is 2. The minimum absolute atomic E-state index is 0.245. The molecule has 0 aliphatic carbocycles. The van der Waals surface area contributed by atoms with E-state index in [0.717, 1.165) is 5.56 Å². The number of pyridine rings is 1. The number of carbonyl (C=O) groups excluding carboxylic acids is 2. The number of anilines is 2. The maximum atomic E-state index is 12.5. The van der Waals surface area contributed by atoms with Gasteiger partial charge in [0.15, 0.2) is 0 Å². The molecule has 1 aromatic heterocycles. The number of nitriles is 1. The van der Waals surface area contributed by atoms with Crippen LogP contribution in [0.25, 0.3) is 0 Å². The molecule has 2 aromatic carbocycles. The number of para-hydroxylation sites is 1. The second-order valence-corrected chi connectivity index (χ2v) is 5.88. The van der Waals surface area contributed by atoms with Crippen LogP contribution in [0.1, 0.15) is 31.8 Å². The third-order valence-electron chi connectivity index (χ3n) is 3.91. The quantitative estimate of drug-likeness (QED) is 0.744. The van der Waals surface area contributed by atoms with Crippen LogP contribution in [0.5, 0.6) is 0 Å². The maximum absolute atomic E-state index is 12.5. The van der Waals surface area contributed by atoms with E-state index in [4.69, 9.17) is 5.26 Å². The van der Waals surface area contributed by atoms with Gasteiger partial charge >= 0.3 is 0 Å². The van der Waals surface area contributed by atoms with Crippen molar-refractivity contribution >= 4 is 23.2 Å². The van der Waals surface area contributed by atoms with Gasteiger partial charge in [0.05, 0.1) is 22.8 Å². The van der Waals surface area contributed by atoms with Crippen molar-refractivity contribution in [3.8, 4) is 6.07 Å². The molecule has 0 fully saturated rings. The number of aromatic nitrogens is 1. The number of benzene rings is 2. The van der Waals surface area contributed by atoms with E-state index in [0.29, 0.717) is 16.9 Å². The molecule has 27 heavy (non-hydrogen) atoms. The van der Waals surface area contributed by atoms with Crippen molar-refractivity contribution in [1.29, 1.82) is 5.26 Å². The van der Waals surface area contributed by atoms with Crippen molar-refractivity contribution in [2.75, 3.05) is 10.6 Å². The SMILES string of the molecule is Cc1ccccc1NC(=O)c1cncc(C(=O)Nc2cccc(C#N)c2)c1. The summed E-state index contributed by atoms with van der Waals surface area (Å²) in [6.07, 6.45) is 2.79. The Hall–Kier alpha value is -3.98. The first-order chi connectivity index (χ1) is 13.1. The van der Waals surface area contributed by atoms with Gasteiger partial charge in [0.1, 0.15) is 0 Å². The molecule has 2 N–H and O–H groups in total. The summed E-state index contributed by atoms with van der Waals surface area (Å²) in [7, 11) is 0. The lowest BCUT2D eigenvalue weighted by atomic mass is 10.1. The first-order valence-electron chi connectivity index (χ1n) is 8.20.